The second-order valence-corrected chi connectivity index (χ2v) is 3.94. The molecule has 84 valence electrons. The maximum Gasteiger partial charge on any atom is 0.316 e. The van der Waals surface area contributed by atoms with Gasteiger partial charge in [0.25, 0.3) is 0 Å². The fourth-order valence-electron chi connectivity index (χ4n) is 2.14. The summed E-state index contributed by atoms with van der Waals surface area (Å²) in [4.78, 5) is 34.2. The van der Waals surface area contributed by atoms with Crippen molar-refractivity contribution in [2.45, 2.75) is 32.6 Å². The zero-order chi connectivity index (χ0) is 11.4. The van der Waals surface area contributed by atoms with Gasteiger partial charge >= 0.3 is 5.97 Å². The zero-order valence-electron chi connectivity index (χ0n) is 9.12. The smallest absolute Gasteiger partial charge is 0.316 e. The largest absolute Gasteiger partial charge is 0.468 e. The molecule has 1 fully saturated rings. The number of hydrogen-bond acceptors (Lipinski definition) is 4. The SMILES string of the molecule is CCCC1CC(=O)CC(=O)C1C(=O)OC. The first-order valence-electron chi connectivity index (χ1n) is 5.22. The first kappa shape index (κ1) is 11.9. The van der Waals surface area contributed by atoms with Gasteiger partial charge in [-0.25, -0.2) is 0 Å². The molecule has 1 aliphatic rings. The third-order valence-electron chi connectivity index (χ3n) is 2.79. The first-order valence-corrected chi connectivity index (χ1v) is 5.22. The third kappa shape index (κ3) is 2.64. The molecule has 0 saturated heterocycles. The summed E-state index contributed by atoms with van der Waals surface area (Å²) in [6.07, 6.45) is 1.80. The second kappa shape index (κ2) is 5.05. The molecule has 0 spiro atoms. The summed E-state index contributed by atoms with van der Waals surface area (Å²) in [6.45, 7) is 1.97. The van der Waals surface area contributed by atoms with Crippen molar-refractivity contribution in [1.29, 1.82) is 0 Å². The number of carbonyl (C=O) groups is 3. The van der Waals surface area contributed by atoms with Gasteiger partial charge in [-0.1, -0.05) is 13.3 Å². The maximum atomic E-state index is 11.6. The number of hydrogen-bond donors (Lipinski definition) is 0. The molecule has 4 nitrogen and oxygen atoms in total. The predicted octanol–water partition coefficient (Wildman–Crippen LogP) is 1.12. The van der Waals surface area contributed by atoms with Crippen molar-refractivity contribution < 1.29 is 19.1 Å². The van der Waals surface area contributed by atoms with Crippen molar-refractivity contribution in [3.63, 3.8) is 0 Å². The van der Waals surface area contributed by atoms with Gasteiger partial charge in [0.2, 0.25) is 0 Å². The van der Waals surface area contributed by atoms with E-state index in [-0.39, 0.29) is 23.9 Å². The van der Waals surface area contributed by atoms with Crippen molar-refractivity contribution >= 4 is 17.5 Å². The van der Waals surface area contributed by atoms with E-state index in [9.17, 15) is 14.4 Å². The number of esters is 1. The van der Waals surface area contributed by atoms with Crippen LogP contribution in [0.3, 0.4) is 0 Å². The second-order valence-electron chi connectivity index (χ2n) is 3.94. The Bertz CT molecular complexity index is 282. The fourth-order valence-corrected chi connectivity index (χ4v) is 2.14. The highest BCUT2D eigenvalue weighted by atomic mass is 16.5. The summed E-state index contributed by atoms with van der Waals surface area (Å²) >= 11 is 0. The zero-order valence-corrected chi connectivity index (χ0v) is 9.12. The Morgan fingerprint density at radius 1 is 1.47 bits per heavy atom. The molecule has 2 unspecified atom stereocenters. The summed E-state index contributed by atoms with van der Waals surface area (Å²) in [7, 11) is 1.27. The molecule has 15 heavy (non-hydrogen) atoms. The molecule has 0 bridgehead atoms. The lowest BCUT2D eigenvalue weighted by molar-refractivity contribution is -0.154. The van der Waals surface area contributed by atoms with Crippen molar-refractivity contribution in [2.24, 2.45) is 11.8 Å². The van der Waals surface area contributed by atoms with E-state index < -0.39 is 11.9 Å². The van der Waals surface area contributed by atoms with Crippen LogP contribution in [-0.2, 0) is 19.1 Å². The molecule has 0 N–H and O–H groups in total. The van der Waals surface area contributed by atoms with Crippen LogP contribution in [0.2, 0.25) is 0 Å². The lowest BCUT2D eigenvalue weighted by Gasteiger charge is -2.27. The number of Topliss-reactive ketones (excluding diaryl/α,β-unsaturated/α-hetero) is 2. The van der Waals surface area contributed by atoms with E-state index in [2.05, 4.69) is 4.74 Å². The van der Waals surface area contributed by atoms with E-state index in [0.717, 1.165) is 12.8 Å². The lowest BCUT2D eigenvalue weighted by Crippen LogP contribution is -2.39. The summed E-state index contributed by atoms with van der Waals surface area (Å²) in [5, 5.41) is 0. The number of ether oxygens (including phenoxy) is 1. The summed E-state index contributed by atoms with van der Waals surface area (Å²) in [5.74, 6) is -1.70. The highest BCUT2D eigenvalue weighted by Gasteiger charge is 2.40. The molecular formula is C11H16O4. The van der Waals surface area contributed by atoms with Crippen molar-refractivity contribution in [2.75, 3.05) is 7.11 Å². The van der Waals surface area contributed by atoms with Gasteiger partial charge < -0.3 is 4.74 Å². The van der Waals surface area contributed by atoms with E-state index in [1.807, 2.05) is 6.92 Å². The lowest BCUT2D eigenvalue weighted by atomic mass is 9.75. The van der Waals surface area contributed by atoms with E-state index in [4.69, 9.17) is 0 Å². The minimum absolute atomic E-state index is 0.0568. The Morgan fingerprint density at radius 2 is 2.13 bits per heavy atom. The van der Waals surface area contributed by atoms with Crippen LogP contribution in [0.15, 0.2) is 0 Å². The molecule has 1 saturated carbocycles. The van der Waals surface area contributed by atoms with Crippen LogP contribution in [0.5, 0.6) is 0 Å². The molecule has 4 heteroatoms. The average Bonchev–Trinajstić information content (AvgIpc) is 2.16. The molecular weight excluding hydrogens is 196 g/mol. The van der Waals surface area contributed by atoms with Gasteiger partial charge in [-0.05, 0) is 12.3 Å². The van der Waals surface area contributed by atoms with Gasteiger partial charge in [0.05, 0.1) is 13.5 Å². The Morgan fingerprint density at radius 3 is 2.67 bits per heavy atom. The van der Waals surface area contributed by atoms with Gasteiger partial charge in [0.1, 0.15) is 11.7 Å². The Kier molecular flexibility index (Phi) is 4.00. The van der Waals surface area contributed by atoms with E-state index in [0.29, 0.717) is 6.42 Å². The first-order chi connectivity index (χ1) is 7.10. The number of methoxy groups -OCH3 is 1. The number of carbonyl (C=O) groups excluding carboxylic acids is 3. The van der Waals surface area contributed by atoms with Gasteiger partial charge in [-0.15, -0.1) is 0 Å². The highest BCUT2D eigenvalue weighted by Crippen LogP contribution is 2.30. The third-order valence-corrected chi connectivity index (χ3v) is 2.79. The Labute approximate surface area is 89.0 Å². The minimum atomic E-state index is -0.715. The van der Waals surface area contributed by atoms with Gasteiger partial charge in [-0.3, -0.25) is 14.4 Å². The van der Waals surface area contributed by atoms with Crippen molar-refractivity contribution in [3.8, 4) is 0 Å². The summed E-state index contributed by atoms with van der Waals surface area (Å²) in [6, 6.07) is 0. The summed E-state index contributed by atoms with van der Waals surface area (Å²) in [5.41, 5.74) is 0. The van der Waals surface area contributed by atoms with Crippen LogP contribution in [0.1, 0.15) is 32.6 Å². The minimum Gasteiger partial charge on any atom is -0.468 e. The maximum absolute atomic E-state index is 11.6. The van der Waals surface area contributed by atoms with E-state index in [1.54, 1.807) is 0 Å². The van der Waals surface area contributed by atoms with Gasteiger partial charge in [0, 0.05) is 6.42 Å². The quantitative estimate of drug-likeness (QED) is 0.519. The van der Waals surface area contributed by atoms with Crippen LogP contribution in [0, 0.1) is 11.8 Å². The molecule has 0 aliphatic heterocycles. The molecule has 0 aromatic heterocycles. The molecule has 0 aromatic carbocycles. The van der Waals surface area contributed by atoms with E-state index >= 15 is 0 Å². The highest BCUT2D eigenvalue weighted by molar-refractivity contribution is 6.10. The topological polar surface area (TPSA) is 60.4 Å². The Balaban J connectivity index is 2.82. The van der Waals surface area contributed by atoms with E-state index in [1.165, 1.54) is 7.11 Å². The predicted molar refractivity (Wildman–Crippen MR) is 53.2 cm³/mol. The molecule has 0 aromatic rings. The van der Waals surface area contributed by atoms with Crippen LogP contribution >= 0.6 is 0 Å². The van der Waals surface area contributed by atoms with Gasteiger partial charge in [-0.2, -0.15) is 0 Å². The molecule has 0 amide bonds. The molecule has 1 rings (SSSR count). The molecule has 0 heterocycles. The molecule has 0 radical (unpaired) electrons. The van der Waals surface area contributed by atoms with Crippen LogP contribution in [0.25, 0.3) is 0 Å². The number of rotatable bonds is 3. The normalized spacial score (nSPS) is 26.5. The summed E-state index contributed by atoms with van der Waals surface area (Å²) < 4.78 is 4.60. The standard InChI is InChI=1S/C11H16O4/c1-3-4-7-5-8(12)6-9(13)10(7)11(14)15-2/h7,10H,3-6H2,1-2H3. The van der Waals surface area contributed by atoms with Crippen LogP contribution in [-0.4, -0.2) is 24.6 Å². The fraction of sp³-hybridized carbons (Fsp3) is 0.727. The number of ketones is 2. The monoisotopic (exact) mass is 212 g/mol. The van der Waals surface area contributed by atoms with Crippen LogP contribution < -0.4 is 0 Å². The van der Waals surface area contributed by atoms with Gasteiger partial charge in [0.15, 0.2) is 5.78 Å². The van der Waals surface area contributed by atoms with Crippen molar-refractivity contribution in [3.05, 3.63) is 0 Å². The van der Waals surface area contributed by atoms with Crippen LogP contribution in [0.4, 0.5) is 0 Å². The Hall–Kier alpha value is -1.19. The average molecular weight is 212 g/mol. The molecule has 2 atom stereocenters. The van der Waals surface area contributed by atoms with Crippen molar-refractivity contribution in [1.82, 2.24) is 0 Å². The molecule has 1 aliphatic carbocycles.